The average molecular weight is 350 g/mol. The predicted octanol–water partition coefficient (Wildman–Crippen LogP) is 2.86. The van der Waals surface area contributed by atoms with Crippen molar-refractivity contribution in [1.29, 1.82) is 0 Å². The fourth-order valence-corrected chi connectivity index (χ4v) is 3.90. The van der Waals surface area contributed by atoms with Crippen LogP contribution in [0.3, 0.4) is 0 Å². The van der Waals surface area contributed by atoms with Crippen molar-refractivity contribution >= 4 is 5.91 Å². The number of nitrogens with two attached hydrogens (primary N) is 1. The van der Waals surface area contributed by atoms with E-state index < -0.39 is 5.60 Å². The van der Waals surface area contributed by atoms with E-state index in [0.717, 1.165) is 35.7 Å². The first-order valence-corrected chi connectivity index (χ1v) is 9.46. The zero-order valence-electron chi connectivity index (χ0n) is 15.1. The largest absolute Gasteiger partial charge is 0.367 e. The summed E-state index contributed by atoms with van der Waals surface area (Å²) >= 11 is 0. The van der Waals surface area contributed by atoms with Crippen molar-refractivity contribution < 1.29 is 9.53 Å². The molecule has 0 spiro atoms. The fourth-order valence-electron chi connectivity index (χ4n) is 3.90. The minimum Gasteiger partial charge on any atom is -0.367 e. The maximum atomic E-state index is 12.4. The zero-order valence-corrected chi connectivity index (χ0v) is 15.1. The summed E-state index contributed by atoms with van der Waals surface area (Å²) in [4.78, 5) is 14.8. The highest BCUT2D eigenvalue weighted by Crippen LogP contribution is 2.33. The third kappa shape index (κ3) is 3.67. The maximum Gasteiger partial charge on any atom is 0.251 e. The molecule has 4 heteroatoms. The Morgan fingerprint density at radius 1 is 1.12 bits per heavy atom. The van der Waals surface area contributed by atoms with Crippen molar-refractivity contribution in [3.05, 3.63) is 60.2 Å². The lowest BCUT2D eigenvalue weighted by atomic mass is 9.87. The van der Waals surface area contributed by atoms with E-state index in [1.807, 2.05) is 30.3 Å². The van der Waals surface area contributed by atoms with E-state index in [2.05, 4.69) is 29.2 Å². The van der Waals surface area contributed by atoms with Crippen LogP contribution in [0.2, 0.25) is 0 Å². The molecule has 2 fully saturated rings. The van der Waals surface area contributed by atoms with E-state index in [-0.39, 0.29) is 5.91 Å². The first kappa shape index (κ1) is 17.3. The van der Waals surface area contributed by atoms with E-state index in [9.17, 15) is 4.79 Å². The predicted molar refractivity (Wildman–Crippen MR) is 103 cm³/mol. The lowest BCUT2D eigenvalue weighted by Gasteiger charge is -2.41. The number of benzene rings is 2. The Labute approximate surface area is 155 Å². The Morgan fingerprint density at radius 3 is 2.58 bits per heavy atom. The molecule has 4 nitrogen and oxygen atoms in total. The second-order valence-electron chi connectivity index (χ2n) is 7.59. The summed E-state index contributed by atoms with van der Waals surface area (Å²) in [7, 11) is 0. The van der Waals surface area contributed by atoms with Crippen molar-refractivity contribution in [2.45, 2.75) is 24.9 Å². The smallest absolute Gasteiger partial charge is 0.251 e. The van der Waals surface area contributed by atoms with Crippen molar-refractivity contribution in [1.82, 2.24) is 4.90 Å². The monoisotopic (exact) mass is 350 g/mol. The quantitative estimate of drug-likeness (QED) is 0.872. The van der Waals surface area contributed by atoms with Gasteiger partial charge >= 0.3 is 0 Å². The minimum atomic E-state index is -0.946. The second-order valence-corrected chi connectivity index (χ2v) is 7.59. The number of carbonyl (C=O) groups is 1. The molecule has 26 heavy (non-hydrogen) atoms. The molecular formula is C22H26N2O2. The van der Waals surface area contributed by atoms with E-state index in [1.165, 1.54) is 12.8 Å². The normalized spacial score (nSPS) is 23.7. The van der Waals surface area contributed by atoms with Gasteiger partial charge in [-0.2, -0.15) is 0 Å². The average Bonchev–Trinajstić information content (AvgIpc) is 3.47. The molecule has 1 saturated heterocycles. The van der Waals surface area contributed by atoms with Crippen LogP contribution >= 0.6 is 0 Å². The molecule has 0 radical (unpaired) electrons. The van der Waals surface area contributed by atoms with Crippen LogP contribution in [0.5, 0.6) is 0 Å². The van der Waals surface area contributed by atoms with Crippen LogP contribution in [0.15, 0.2) is 54.6 Å². The molecule has 1 aliphatic carbocycles. The van der Waals surface area contributed by atoms with Crippen LogP contribution in [-0.4, -0.2) is 42.6 Å². The van der Waals surface area contributed by atoms with Crippen molar-refractivity contribution in [3.8, 4) is 11.1 Å². The molecule has 1 atom stereocenters. The highest BCUT2D eigenvalue weighted by molar-refractivity contribution is 5.85. The van der Waals surface area contributed by atoms with Gasteiger partial charge in [0, 0.05) is 26.1 Å². The molecule has 1 heterocycles. The molecule has 0 bridgehead atoms. The van der Waals surface area contributed by atoms with Gasteiger partial charge in [0.2, 0.25) is 0 Å². The fraction of sp³-hybridized carbons (Fsp3) is 0.409. The van der Waals surface area contributed by atoms with E-state index in [1.54, 1.807) is 0 Å². The lowest BCUT2D eigenvalue weighted by molar-refractivity contribution is -0.156. The maximum absolute atomic E-state index is 12.4. The summed E-state index contributed by atoms with van der Waals surface area (Å²) in [5.41, 5.74) is 8.30. The topological polar surface area (TPSA) is 55.6 Å². The van der Waals surface area contributed by atoms with Gasteiger partial charge < -0.3 is 10.5 Å². The third-order valence-corrected chi connectivity index (χ3v) is 5.51. The van der Waals surface area contributed by atoms with Gasteiger partial charge in [-0.3, -0.25) is 9.69 Å². The lowest BCUT2D eigenvalue weighted by Crippen LogP contribution is -2.60. The summed E-state index contributed by atoms with van der Waals surface area (Å²) < 4.78 is 6.04. The third-order valence-electron chi connectivity index (χ3n) is 5.51. The summed E-state index contributed by atoms with van der Waals surface area (Å²) in [6.07, 6.45) is 3.12. The van der Waals surface area contributed by atoms with Gasteiger partial charge in [0.1, 0.15) is 0 Å². The number of hydrogen-bond donors (Lipinski definition) is 1. The SMILES string of the molecule is NC(=O)C1(Cc2ccccc2-c2ccccc2)CN(CC2CC2)CCO1. The summed E-state index contributed by atoms with van der Waals surface area (Å²) in [6.45, 7) is 3.08. The Bertz CT molecular complexity index is 773. The van der Waals surface area contributed by atoms with Crippen LogP contribution in [0.25, 0.3) is 11.1 Å². The van der Waals surface area contributed by atoms with Gasteiger partial charge in [0.15, 0.2) is 5.60 Å². The molecule has 1 unspecified atom stereocenters. The first-order chi connectivity index (χ1) is 12.7. The number of rotatable bonds is 6. The van der Waals surface area contributed by atoms with Gasteiger partial charge in [-0.1, -0.05) is 54.6 Å². The Morgan fingerprint density at radius 2 is 1.85 bits per heavy atom. The summed E-state index contributed by atoms with van der Waals surface area (Å²) in [5, 5.41) is 0. The molecule has 1 aliphatic heterocycles. The van der Waals surface area contributed by atoms with Crippen LogP contribution in [-0.2, 0) is 16.0 Å². The number of hydrogen-bond acceptors (Lipinski definition) is 3. The van der Waals surface area contributed by atoms with Crippen molar-refractivity contribution in [2.24, 2.45) is 11.7 Å². The van der Waals surface area contributed by atoms with Crippen LogP contribution in [0, 0.1) is 5.92 Å². The molecule has 0 aromatic heterocycles. The Hall–Kier alpha value is -2.17. The van der Waals surface area contributed by atoms with Crippen molar-refractivity contribution in [2.75, 3.05) is 26.2 Å². The summed E-state index contributed by atoms with van der Waals surface area (Å²) in [6, 6.07) is 18.5. The molecule has 2 aromatic carbocycles. The van der Waals surface area contributed by atoms with Gasteiger partial charge in [-0.25, -0.2) is 0 Å². The molecule has 1 amide bonds. The van der Waals surface area contributed by atoms with Gasteiger partial charge in [-0.15, -0.1) is 0 Å². The van der Waals surface area contributed by atoms with Crippen LogP contribution < -0.4 is 5.73 Å². The van der Waals surface area contributed by atoms with E-state index in [0.29, 0.717) is 19.6 Å². The molecule has 136 valence electrons. The van der Waals surface area contributed by atoms with E-state index >= 15 is 0 Å². The van der Waals surface area contributed by atoms with Crippen LogP contribution in [0.1, 0.15) is 18.4 Å². The Balaban J connectivity index is 1.62. The minimum absolute atomic E-state index is 0.360. The van der Waals surface area contributed by atoms with Gasteiger partial charge in [-0.05, 0) is 35.4 Å². The Kier molecular flexibility index (Phi) is 4.79. The van der Waals surface area contributed by atoms with Gasteiger partial charge in [0.05, 0.1) is 6.61 Å². The van der Waals surface area contributed by atoms with Crippen LogP contribution in [0.4, 0.5) is 0 Å². The summed E-state index contributed by atoms with van der Waals surface area (Å²) in [5.74, 6) is 0.427. The second kappa shape index (κ2) is 7.22. The number of primary amides is 1. The number of nitrogens with zero attached hydrogens (tertiary/aromatic N) is 1. The number of ether oxygens (including phenoxy) is 1. The zero-order chi connectivity index (χ0) is 18.0. The van der Waals surface area contributed by atoms with Crippen molar-refractivity contribution in [3.63, 3.8) is 0 Å². The molecule has 1 saturated carbocycles. The highest BCUT2D eigenvalue weighted by Gasteiger charge is 2.43. The first-order valence-electron chi connectivity index (χ1n) is 9.46. The number of morpholine rings is 1. The number of carbonyl (C=O) groups excluding carboxylic acids is 1. The molecule has 2 aliphatic rings. The highest BCUT2D eigenvalue weighted by atomic mass is 16.5. The van der Waals surface area contributed by atoms with E-state index in [4.69, 9.17) is 10.5 Å². The standard InChI is InChI=1S/C22H26N2O2/c23-21(25)22(16-24(12-13-26-22)15-17-10-11-17)14-19-8-4-5-9-20(19)18-6-2-1-3-7-18/h1-9,17H,10-16H2,(H2,23,25). The molecule has 2 N–H and O–H groups in total. The number of amides is 1. The molecule has 2 aromatic rings. The molecular weight excluding hydrogens is 324 g/mol. The van der Waals surface area contributed by atoms with Gasteiger partial charge in [0.25, 0.3) is 5.91 Å². The molecule has 4 rings (SSSR count).